The van der Waals surface area contributed by atoms with E-state index in [4.69, 9.17) is 19.1 Å². The Kier molecular flexibility index (Phi) is 30.5. The molecule has 1 unspecified atom stereocenters. The lowest BCUT2D eigenvalue weighted by Gasteiger charge is -2.20. The van der Waals surface area contributed by atoms with Crippen molar-refractivity contribution in [2.45, 2.75) is 135 Å². The van der Waals surface area contributed by atoms with Crippen LogP contribution in [0.15, 0.2) is 60.8 Å². The summed E-state index contributed by atoms with van der Waals surface area (Å²) in [4.78, 5) is 34.8. The molecule has 0 aromatic heterocycles. The molecular weight excluding hydrogens is 695 g/mol. The molecule has 0 bridgehead atoms. The van der Waals surface area contributed by atoms with Crippen LogP contribution in [-0.2, 0) is 32.7 Å². The van der Waals surface area contributed by atoms with Gasteiger partial charge in [0.05, 0.1) is 38.1 Å². The number of allylic oxidation sites excluding steroid dienone is 7. The molecule has 6 N–H and O–H groups in total. The third-order valence-corrected chi connectivity index (χ3v) is 8.41. The van der Waals surface area contributed by atoms with Crippen molar-refractivity contribution in [2.75, 3.05) is 26.4 Å². The second-order valence-corrected chi connectivity index (χ2v) is 14.4. The van der Waals surface area contributed by atoms with Gasteiger partial charge in [0.1, 0.15) is 12.7 Å². The lowest BCUT2D eigenvalue weighted by molar-refractivity contribution is -0.161. The van der Waals surface area contributed by atoms with Gasteiger partial charge in [-0.05, 0) is 38.0 Å². The normalized spacial score (nSPS) is 16.7. The van der Waals surface area contributed by atoms with Crippen molar-refractivity contribution in [1.82, 2.24) is 0 Å². The first-order valence-electron chi connectivity index (χ1n) is 18.4. The Hall–Kier alpha value is -2.45. The van der Waals surface area contributed by atoms with Gasteiger partial charge >= 0.3 is 19.8 Å². The quantitative estimate of drug-likeness (QED) is 0.0164. The summed E-state index contributed by atoms with van der Waals surface area (Å²) >= 11 is 0. The number of aliphatic hydroxyl groups excluding tert-OH is 5. The fraction of sp³-hybridized carbons (Fsp3) is 0.684. The molecule has 0 radical (unpaired) electrons. The Morgan fingerprint density at radius 2 is 1.31 bits per heavy atom. The standard InChI is InChI=1S/C38H65O13P/c1-4-5-14-21-32(40)22-16-11-7-8-12-17-23-35(42)36(43)24-19-26-37(44)48-29-34(30-50-52(46,47)49-28-33(41)27-39)51-38(45)25-18-13-9-6-10-15-20-31(2)3/h5,7-8,11-12,14,16-17,22-23,31-36,39-43H,4,6,9-10,13,15,18-21,24-30H2,1-3H3,(H,46,47)/b11-7+,12-8-,14-5-,22-16+,23-17-/t32-,33+,34-,35+,36+/m1/s1. The SMILES string of the molecule is CC/C=C\C[C@@H](O)/C=C/C=C/C=C\C=C/[C@H](O)[C@@H](O)CCCC(=O)OC[C@H](COP(=O)(O)OC[C@@H](O)CO)OC(=O)CCCCCCCCC(C)C. The average Bonchev–Trinajstić information content (AvgIpc) is 3.10. The van der Waals surface area contributed by atoms with Crippen molar-refractivity contribution in [3.05, 3.63) is 60.8 Å². The van der Waals surface area contributed by atoms with Gasteiger partial charge < -0.3 is 39.9 Å². The first kappa shape index (κ1) is 49.6. The van der Waals surface area contributed by atoms with Crippen LogP contribution in [0.4, 0.5) is 0 Å². The zero-order valence-electron chi connectivity index (χ0n) is 31.2. The molecule has 13 nitrogen and oxygen atoms in total. The Labute approximate surface area is 310 Å². The number of hydrogen-bond donors (Lipinski definition) is 6. The van der Waals surface area contributed by atoms with Crippen molar-refractivity contribution >= 4 is 19.8 Å². The summed E-state index contributed by atoms with van der Waals surface area (Å²) in [6.07, 6.45) is 20.5. The first-order valence-corrected chi connectivity index (χ1v) is 19.9. The molecule has 14 heteroatoms. The maximum absolute atomic E-state index is 12.5. The van der Waals surface area contributed by atoms with Gasteiger partial charge in [-0.1, -0.05) is 120 Å². The fourth-order valence-corrected chi connectivity index (χ4v) is 5.25. The molecule has 0 aliphatic rings. The van der Waals surface area contributed by atoms with Crippen LogP contribution in [0.3, 0.4) is 0 Å². The highest BCUT2D eigenvalue weighted by atomic mass is 31.2. The van der Waals surface area contributed by atoms with Gasteiger partial charge in [-0.2, -0.15) is 0 Å². The summed E-state index contributed by atoms with van der Waals surface area (Å²) in [6, 6.07) is 0. The second kappa shape index (κ2) is 32.0. The Balaban J connectivity index is 4.73. The number of unbranched alkanes of at least 4 members (excludes halogenated alkanes) is 5. The van der Waals surface area contributed by atoms with Crippen molar-refractivity contribution in [3.63, 3.8) is 0 Å². The molecule has 0 aromatic carbocycles. The van der Waals surface area contributed by atoms with E-state index >= 15 is 0 Å². The third kappa shape index (κ3) is 31.1. The van der Waals surface area contributed by atoms with Crippen LogP contribution in [0.1, 0.15) is 104 Å². The van der Waals surface area contributed by atoms with Gasteiger partial charge in [-0.3, -0.25) is 18.6 Å². The average molecular weight is 761 g/mol. The monoisotopic (exact) mass is 760 g/mol. The van der Waals surface area contributed by atoms with Crippen LogP contribution < -0.4 is 0 Å². The molecule has 0 aliphatic heterocycles. The maximum atomic E-state index is 12.5. The van der Waals surface area contributed by atoms with Crippen LogP contribution in [0.25, 0.3) is 0 Å². The maximum Gasteiger partial charge on any atom is 0.472 e. The number of phosphoric acid groups is 1. The Morgan fingerprint density at radius 1 is 0.712 bits per heavy atom. The topological polar surface area (TPSA) is 210 Å². The summed E-state index contributed by atoms with van der Waals surface area (Å²) in [5.41, 5.74) is 0. The molecule has 0 fully saturated rings. The lowest BCUT2D eigenvalue weighted by atomic mass is 10.0. The van der Waals surface area contributed by atoms with Gasteiger partial charge in [-0.15, -0.1) is 0 Å². The molecule has 300 valence electrons. The van der Waals surface area contributed by atoms with E-state index in [0.717, 1.165) is 32.1 Å². The highest BCUT2D eigenvalue weighted by Crippen LogP contribution is 2.43. The molecule has 0 saturated carbocycles. The van der Waals surface area contributed by atoms with Gasteiger partial charge in [0, 0.05) is 12.8 Å². The number of carbonyl (C=O) groups excluding carboxylic acids is 2. The number of hydrogen-bond acceptors (Lipinski definition) is 12. The predicted octanol–water partition coefficient (Wildman–Crippen LogP) is 5.54. The summed E-state index contributed by atoms with van der Waals surface area (Å²) in [6.45, 7) is 3.94. The number of phosphoric ester groups is 1. The molecule has 6 atom stereocenters. The summed E-state index contributed by atoms with van der Waals surface area (Å²) < 4.78 is 32.2. The van der Waals surface area contributed by atoms with Crippen LogP contribution >= 0.6 is 7.82 Å². The first-order chi connectivity index (χ1) is 24.8. The molecule has 0 aliphatic carbocycles. The van der Waals surface area contributed by atoms with E-state index in [1.54, 1.807) is 42.5 Å². The van der Waals surface area contributed by atoms with E-state index in [0.29, 0.717) is 18.8 Å². The van der Waals surface area contributed by atoms with Crippen molar-refractivity contribution in [1.29, 1.82) is 0 Å². The highest BCUT2D eigenvalue weighted by molar-refractivity contribution is 7.47. The van der Waals surface area contributed by atoms with Crippen LogP contribution in [0.2, 0.25) is 0 Å². The zero-order chi connectivity index (χ0) is 39.0. The summed E-state index contributed by atoms with van der Waals surface area (Å²) in [5, 5.41) is 48.5. The van der Waals surface area contributed by atoms with E-state index in [9.17, 15) is 39.5 Å². The minimum absolute atomic E-state index is 0.0920. The molecule has 0 aromatic rings. The van der Waals surface area contributed by atoms with Gasteiger partial charge in [0.15, 0.2) is 6.10 Å². The molecule has 0 rings (SSSR count). The number of carbonyl (C=O) groups is 2. The van der Waals surface area contributed by atoms with Crippen LogP contribution in [-0.4, -0.2) is 99.3 Å². The summed E-state index contributed by atoms with van der Waals surface area (Å²) in [7, 11) is -4.69. The lowest BCUT2D eigenvalue weighted by Crippen LogP contribution is -2.30. The minimum atomic E-state index is -4.69. The minimum Gasteiger partial charge on any atom is -0.462 e. The van der Waals surface area contributed by atoms with Crippen LogP contribution in [0.5, 0.6) is 0 Å². The predicted molar refractivity (Wildman–Crippen MR) is 200 cm³/mol. The molecule has 0 amide bonds. The number of esters is 2. The number of rotatable bonds is 32. The smallest absolute Gasteiger partial charge is 0.462 e. The van der Waals surface area contributed by atoms with Gasteiger partial charge in [0.25, 0.3) is 0 Å². The molecular formula is C38H65O13P. The zero-order valence-corrected chi connectivity index (χ0v) is 32.1. The van der Waals surface area contributed by atoms with E-state index in [1.165, 1.54) is 18.9 Å². The van der Waals surface area contributed by atoms with Crippen LogP contribution in [0, 0.1) is 5.92 Å². The third-order valence-electron chi connectivity index (χ3n) is 7.46. The van der Waals surface area contributed by atoms with Gasteiger partial charge in [0.2, 0.25) is 0 Å². The van der Waals surface area contributed by atoms with E-state index in [1.807, 2.05) is 19.1 Å². The number of aliphatic hydroxyl groups is 5. The van der Waals surface area contributed by atoms with Gasteiger partial charge in [-0.25, -0.2) is 4.57 Å². The molecule has 52 heavy (non-hydrogen) atoms. The van der Waals surface area contributed by atoms with E-state index in [2.05, 4.69) is 18.4 Å². The summed E-state index contributed by atoms with van der Waals surface area (Å²) in [5.74, 6) is -0.590. The Bertz CT molecular complexity index is 1120. The Morgan fingerprint density at radius 3 is 1.96 bits per heavy atom. The fourth-order valence-electron chi connectivity index (χ4n) is 4.46. The molecule has 0 saturated heterocycles. The molecule has 0 spiro atoms. The second-order valence-electron chi connectivity index (χ2n) is 12.9. The van der Waals surface area contributed by atoms with Crippen molar-refractivity contribution in [2.24, 2.45) is 5.92 Å². The molecule has 0 heterocycles. The van der Waals surface area contributed by atoms with E-state index < -0.39 is 76.7 Å². The number of ether oxygens (including phenoxy) is 2. The van der Waals surface area contributed by atoms with Crippen molar-refractivity contribution < 1.29 is 63.1 Å². The van der Waals surface area contributed by atoms with Crippen molar-refractivity contribution in [3.8, 4) is 0 Å². The largest absolute Gasteiger partial charge is 0.472 e. The van der Waals surface area contributed by atoms with E-state index in [-0.39, 0.29) is 25.7 Å². The highest BCUT2D eigenvalue weighted by Gasteiger charge is 2.27.